The fourth-order valence-electron chi connectivity index (χ4n) is 1.10. The smallest absolute Gasteiger partial charge is 0.280 e. The zero-order valence-electron chi connectivity index (χ0n) is 7.80. The first-order valence-electron chi connectivity index (χ1n) is 3.98. The number of hydrogen-bond donors (Lipinski definition) is 0. The molecule has 0 aliphatic rings. The lowest BCUT2D eigenvalue weighted by Crippen LogP contribution is -2.03. The van der Waals surface area contributed by atoms with Gasteiger partial charge in [-0.1, -0.05) is 0 Å². The van der Waals surface area contributed by atoms with Crippen LogP contribution in [-0.4, -0.2) is 12.1 Å². The van der Waals surface area contributed by atoms with E-state index < -0.39 is 6.43 Å². The zero-order valence-corrected chi connectivity index (χ0v) is 9.96. The van der Waals surface area contributed by atoms with Gasteiger partial charge in [-0.15, -0.1) is 0 Å². The molecule has 1 rings (SSSR count). The molecule has 15 heavy (non-hydrogen) atoms. The normalized spacial score (nSPS) is 10.1. The standard InChI is InChI=1S/C9H7F2IN2O/c1-15-6-4-14-8(9(10)11)5(2-3-13)7(6)12/h4,9H,2H2,1H3. The van der Waals surface area contributed by atoms with Gasteiger partial charge < -0.3 is 4.74 Å². The third-order valence-electron chi connectivity index (χ3n) is 1.79. The van der Waals surface area contributed by atoms with Crippen LogP contribution in [0.1, 0.15) is 17.7 Å². The number of pyridine rings is 1. The number of rotatable bonds is 3. The first-order valence-corrected chi connectivity index (χ1v) is 5.06. The summed E-state index contributed by atoms with van der Waals surface area (Å²) in [7, 11) is 1.43. The predicted molar refractivity (Wildman–Crippen MR) is 57.8 cm³/mol. The molecule has 0 aromatic carbocycles. The molecule has 0 N–H and O–H groups in total. The van der Waals surface area contributed by atoms with Crippen LogP contribution in [0.15, 0.2) is 6.20 Å². The Hall–Kier alpha value is -0.970. The number of hydrogen-bond acceptors (Lipinski definition) is 3. The number of ether oxygens (including phenoxy) is 1. The lowest BCUT2D eigenvalue weighted by Gasteiger charge is -2.10. The Morgan fingerprint density at radius 2 is 2.33 bits per heavy atom. The van der Waals surface area contributed by atoms with Crippen LogP contribution in [0.4, 0.5) is 8.78 Å². The van der Waals surface area contributed by atoms with E-state index in [0.717, 1.165) is 0 Å². The molecule has 0 amide bonds. The summed E-state index contributed by atoms with van der Waals surface area (Å²) in [6.45, 7) is 0. The van der Waals surface area contributed by atoms with Gasteiger partial charge in [-0.25, -0.2) is 8.78 Å². The summed E-state index contributed by atoms with van der Waals surface area (Å²) in [6, 6.07) is 1.84. The molecule has 0 spiro atoms. The molecule has 80 valence electrons. The zero-order chi connectivity index (χ0) is 11.4. The quantitative estimate of drug-likeness (QED) is 0.803. The van der Waals surface area contributed by atoms with Crippen LogP contribution in [0, 0.1) is 14.9 Å². The monoisotopic (exact) mass is 324 g/mol. The second-order valence-electron chi connectivity index (χ2n) is 2.64. The Kier molecular flexibility index (Phi) is 4.20. The Bertz CT molecular complexity index is 404. The molecular weight excluding hydrogens is 317 g/mol. The van der Waals surface area contributed by atoms with E-state index in [1.54, 1.807) is 0 Å². The van der Waals surface area contributed by atoms with Crippen LogP contribution >= 0.6 is 22.6 Å². The Morgan fingerprint density at radius 1 is 1.67 bits per heavy atom. The van der Waals surface area contributed by atoms with Gasteiger partial charge in [0.1, 0.15) is 5.69 Å². The third-order valence-corrected chi connectivity index (χ3v) is 2.98. The highest BCUT2D eigenvalue weighted by Gasteiger charge is 2.19. The molecule has 0 unspecified atom stereocenters. The Morgan fingerprint density at radius 3 is 2.80 bits per heavy atom. The van der Waals surface area contributed by atoms with Crippen molar-refractivity contribution in [2.45, 2.75) is 12.8 Å². The molecular formula is C9H7F2IN2O. The van der Waals surface area contributed by atoms with Gasteiger partial charge in [0.15, 0.2) is 5.75 Å². The molecule has 1 aromatic heterocycles. The van der Waals surface area contributed by atoms with E-state index in [-0.39, 0.29) is 17.7 Å². The number of alkyl halides is 2. The summed E-state index contributed by atoms with van der Waals surface area (Å²) in [6.07, 6.45) is -1.53. The summed E-state index contributed by atoms with van der Waals surface area (Å²) in [5.74, 6) is 0.408. The predicted octanol–water partition coefficient (Wildman–Crippen LogP) is 2.70. The highest BCUT2D eigenvalue weighted by atomic mass is 127. The van der Waals surface area contributed by atoms with Gasteiger partial charge in [0, 0.05) is 5.56 Å². The van der Waals surface area contributed by atoms with Crippen LogP contribution in [0.2, 0.25) is 0 Å². The number of nitrogens with zero attached hydrogens (tertiary/aromatic N) is 2. The maximum absolute atomic E-state index is 12.6. The van der Waals surface area contributed by atoms with Crippen LogP contribution < -0.4 is 4.74 Å². The van der Waals surface area contributed by atoms with Crippen LogP contribution in [-0.2, 0) is 6.42 Å². The number of aromatic nitrogens is 1. The van der Waals surface area contributed by atoms with Crippen molar-refractivity contribution in [1.29, 1.82) is 5.26 Å². The van der Waals surface area contributed by atoms with Crippen molar-refractivity contribution in [1.82, 2.24) is 4.98 Å². The lowest BCUT2D eigenvalue weighted by molar-refractivity contribution is 0.144. The maximum atomic E-state index is 12.6. The summed E-state index contributed by atoms with van der Waals surface area (Å²) >= 11 is 1.87. The molecule has 0 bridgehead atoms. The minimum atomic E-state index is -2.67. The van der Waals surface area contributed by atoms with Gasteiger partial charge in [-0.3, -0.25) is 4.98 Å². The Labute approximate surface area is 99.2 Å². The first kappa shape index (κ1) is 12.1. The first-order chi connectivity index (χ1) is 7.11. The lowest BCUT2D eigenvalue weighted by atomic mass is 10.1. The molecule has 0 saturated heterocycles. The van der Waals surface area contributed by atoms with Gasteiger partial charge in [-0.05, 0) is 22.6 Å². The van der Waals surface area contributed by atoms with Crippen LogP contribution in [0.25, 0.3) is 0 Å². The largest absolute Gasteiger partial charge is 0.494 e. The molecule has 0 aliphatic heterocycles. The van der Waals surface area contributed by atoms with Crippen LogP contribution in [0.3, 0.4) is 0 Å². The van der Waals surface area contributed by atoms with Crippen molar-refractivity contribution in [3.63, 3.8) is 0 Å². The summed E-state index contributed by atoms with van der Waals surface area (Å²) < 4.78 is 30.6. The molecule has 1 aromatic rings. The van der Waals surface area contributed by atoms with Gasteiger partial charge in [-0.2, -0.15) is 5.26 Å². The molecule has 0 radical (unpaired) electrons. The van der Waals surface area contributed by atoms with Gasteiger partial charge in [0.25, 0.3) is 6.43 Å². The second-order valence-corrected chi connectivity index (χ2v) is 3.72. The van der Waals surface area contributed by atoms with Gasteiger partial charge >= 0.3 is 0 Å². The molecule has 0 fully saturated rings. The Balaban J connectivity index is 3.32. The average molecular weight is 324 g/mol. The van der Waals surface area contributed by atoms with E-state index in [2.05, 4.69) is 4.98 Å². The van der Waals surface area contributed by atoms with E-state index in [4.69, 9.17) is 10.00 Å². The topological polar surface area (TPSA) is 45.9 Å². The second kappa shape index (κ2) is 5.21. The summed E-state index contributed by atoms with van der Waals surface area (Å²) in [5.41, 5.74) is -0.103. The molecule has 0 saturated carbocycles. The van der Waals surface area contributed by atoms with E-state index in [9.17, 15) is 8.78 Å². The minimum absolute atomic E-state index is 0.0951. The molecule has 3 nitrogen and oxygen atoms in total. The minimum Gasteiger partial charge on any atom is -0.494 e. The molecule has 0 atom stereocenters. The van der Waals surface area contributed by atoms with Crippen LogP contribution in [0.5, 0.6) is 5.75 Å². The fourth-order valence-corrected chi connectivity index (χ4v) is 1.93. The summed E-state index contributed by atoms with van der Waals surface area (Å²) in [5, 5.41) is 8.55. The number of nitriles is 1. The molecule has 1 heterocycles. The molecule has 6 heteroatoms. The highest BCUT2D eigenvalue weighted by molar-refractivity contribution is 14.1. The highest BCUT2D eigenvalue weighted by Crippen LogP contribution is 2.30. The van der Waals surface area contributed by atoms with Gasteiger partial charge in [0.05, 0.1) is 29.4 Å². The van der Waals surface area contributed by atoms with E-state index >= 15 is 0 Å². The van der Waals surface area contributed by atoms with Crippen molar-refractivity contribution in [2.75, 3.05) is 7.11 Å². The maximum Gasteiger partial charge on any atom is 0.280 e. The van der Waals surface area contributed by atoms with E-state index in [1.165, 1.54) is 13.3 Å². The summed E-state index contributed by atoms with van der Waals surface area (Å²) in [4.78, 5) is 3.60. The van der Waals surface area contributed by atoms with Gasteiger partial charge in [0.2, 0.25) is 0 Å². The number of methoxy groups -OCH3 is 1. The SMILES string of the molecule is COc1cnc(C(F)F)c(CC#N)c1I. The fraction of sp³-hybridized carbons (Fsp3) is 0.333. The average Bonchev–Trinajstić information content (AvgIpc) is 2.20. The van der Waals surface area contributed by atoms with Crippen molar-refractivity contribution in [3.05, 3.63) is 21.0 Å². The molecule has 0 aliphatic carbocycles. The van der Waals surface area contributed by atoms with E-state index in [1.807, 2.05) is 28.7 Å². The van der Waals surface area contributed by atoms with Crippen molar-refractivity contribution < 1.29 is 13.5 Å². The third kappa shape index (κ3) is 2.53. The van der Waals surface area contributed by atoms with Crippen molar-refractivity contribution in [2.24, 2.45) is 0 Å². The van der Waals surface area contributed by atoms with Crippen molar-refractivity contribution in [3.8, 4) is 11.8 Å². The van der Waals surface area contributed by atoms with Crippen molar-refractivity contribution >= 4 is 22.6 Å². The van der Waals surface area contributed by atoms with E-state index in [0.29, 0.717) is 9.32 Å². The number of halogens is 3.